The fourth-order valence-corrected chi connectivity index (χ4v) is 3.07. The monoisotopic (exact) mass is 197 g/mol. The molecule has 2 atom stereocenters. The molecule has 0 spiro atoms. The summed E-state index contributed by atoms with van der Waals surface area (Å²) in [6.45, 7) is 15.5. The first-order valence-corrected chi connectivity index (χ1v) is 6.20. The zero-order valence-electron chi connectivity index (χ0n) is 10.7. The van der Waals surface area contributed by atoms with Crippen molar-refractivity contribution in [3.8, 4) is 0 Å². The topological polar surface area (TPSA) is 3.24 Å². The van der Waals surface area contributed by atoms with Gasteiger partial charge < -0.3 is 0 Å². The largest absolute Gasteiger partial charge is 0.297 e. The van der Waals surface area contributed by atoms with Crippen molar-refractivity contribution in [2.75, 3.05) is 6.54 Å². The van der Waals surface area contributed by atoms with Crippen molar-refractivity contribution < 1.29 is 0 Å². The van der Waals surface area contributed by atoms with Crippen molar-refractivity contribution in [3.63, 3.8) is 0 Å². The first kappa shape index (κ1) is 12.0. The maximum absolute atomic E-state index is 2.70. The van der Waals surface area contributed by atoms with Gasteiger partial charge in [-0.3, -0.25) is 4.90 Å². The maximum Gasteiger partial charge on any atom is 0.0152 e. The van der Waals surface area contributed by atoms with E-state index < -0.39 is 0 Å². The van der Waals surface area contributed by atoms with Gasteiger partial charge in [-0.2, -0.15) is 0 Å². The lowest BCUT2D eigenvalue weighted by atomic mass is 9.83. The summed E-state index contributed by atoms with van der Waals surface area (Å²) in [5.74, 6) is 2.55. The molecule has 0 N–H and O–H groups in total. The van der Waals surface area contributed by atoms with E-state index in [1.807, 2.05) is 0 Å². The minimum atomic E-state index is 0.714. The summed E-state index contributed by atoms with van der Waals surface area (Å²) in [5.41, 5.74) is 0. The quantitative estimate of drug-likeness (QED) is 0.670. The Labute approximate surface area is 89.9 Å². The summed E-state index contributed by atoms with van der Waals surface area (Å²) in [4.78, 5) is 2.70. The van der Waals surface area contributed by atoms with Crippen LogP contribution in [0.5, 0.6) is 0 Å². The minimum Gasteiger partial charge on any atom is -0.297 e. The second-order valence-corrected chi connectivity index (χ2v) is 5.76. The number of rotatable bonds is 3. The highest BCUT2D eigenvalue weighted by Gasteiger charge is 2.38. The molecule has 14 heavy (non-hydrogen) atoms. The molecule has 1 nitrogen and oxygen atoms in total. The third-order valence-electron chi connectivity index (χ3n) is 3.74. The summed E-state index contributed by atoms with van der Waals surface area (Å²) >= 11 is 0. The molecule has 0 amide bonds. The predicted molar refractivity (Wildman–Crippen MR) is 63.4 cm³/mol. The zero-order chi connectivity index (χ0) is 10.9. The van der Waals surface area contributed by atoms with Gasteiger partial charge in [0.15, 0.2) is 0 Å². The normalized spacial score (nSPS) is 29.8. The molecule has 84 valence electrons. The standard InChI is InChI=1S/C13H27N/c1-9(2)12-7-8-14(11(5)6)13(12)10(3)4/h9-13H,7-8H2,1-6H3. The minimum absolute atomic E-state index is 0.714. The Morgan fingerprint density at radius 2 is 1.50 bits per heavy atom. The summed E-state index contributed by atoms with van der Waals surface area (Å²) in [5, 5.41) is 0. The van der Waals surface area contributed by atoms with Crippen molar-refractivity contribution >= 4 is 0 Å². The third kappa shape index (κ3) is 2.31. The SMILES string of the molecule is CC(C)C1CCN(C(C)C)C1C(C)C. The van der Waals surface area contributed by atoms with Crippen LogP contribution in [0.15, 0.2) is 0 Å². The fourth-order valence-electron chi connectivity index (χ4n) is 3.07. The number of hydrogen-bond donors (Lipinski definition) is 0. The van der Waals surface area contributed by atoms with Crippen LogP contribution in [0.4, 0.5) is 0 Å². The lowest BCUT2D eigenvalue weighted by molar-refractivity contribution is 0.125. The van der Waals surface area contributed by atoms with E-state index in [1.54, 1.807) is 0 Å². The molecule has 0 bridgehead atoms. The van der Waals surface area contributed by atoms with Crippen LogP contribution >= 0.6 is 0 Å². The molecule has 1 heteroatoms. The average molecular weight is 197 g/mol. The van der Waals surface area contributed by atoms with Crippen LogP contribution < -0.4 is 0 Å². The number of hydrogen-bond acceptors (Lipinski definition) is 1. The van der Waals surface area contributed by atoms with Crippen molar-refractivity contribution in [1.29, 1.82) is 0 Å². The molecule has 0 saturated carbocycles. The average Bonchev–Trinajstić information content (AvgIpc) is 2.46. The number of likely N-dealkylation sites (tertiary alicyclic amines) is 1. The third-order valence-corrected chi connectivity index (χ3v) is 3.74. The van der Waals surface area contributed by atoms with Crippen molar-refractivity contribution in [2.45, 2.75) is 60.0 Å². The summed E-state index contributed by atoms with van der Waals surface area (Å²) in [7, 11) is 0. The molecule has 0 aromatic heterocycles. The maximum atomic E-state index is 2.70. The second-order valence-electron chi connectivity index (χ2n) is 5.76. The van der Waals surface area contributed by atoms with Gasteiger partial charge in [0, 0.05) is 12.1 Å². The second kappa shape index (κ2) is 4.65. The summed E-state index contributed by atoms with van der Waals surface area (Å²) in [6, 6.07) is 1.53. The van der Waals surface area contributed by atoms with Crippen molar-refractivity contribution in [1.82, 2.24) is 4.90 Å². The number of nitrogens with zero attached hydrogens (tertiary/aromatic N) is 1. The van der Waals surface area contributed by atoms with Crippen LogP contribution in [0, 0.1) is 17.8 Å². The first-order chi connectivity index (χ1) is 6.45. The Hall–Kier alpha value is -0.0400. The highest BCUT2D eigenvalue weighted by Crippen LogP contribution is 2.35. The van der Waals surface area contributed by atoms with Gasteiger partial charge in [-0.05, 0) is 44.6 Å². The lowest BCUT2D eigenvalue weighted by Crippen LogP contribution is -2.42. The predicted octanol–water partition coefficient (Wildman–Crippen LogP) is 3.40. The van der Waals surface area contributed by atoms with Gasteiger partial charge in [-0.25, -0.2) is 0 Å². The van der Waals surface area contributed by atoms with Crippen molar-refractivity contribution in [2.24, 2.45) is 17.8 Å². The van der Waals surface area contributed by atoms with Crippen molar-refractivity contribution in [3.05, 3.63) is 0 Å². The molecule has 1 fully saturated rings. The van der Waals surface area contributed by atoms with Crippen LogP contribution in [0.1, 0.15) is 48.0 Å². The van der Waals surface area contributed by atoms with Crippen LogP contribution in [0.25, 0.3) is 0 Å². The van der Waals surface area contributed by atoms with E-state index in [9.17, 15) is 0 Å². The van der Waals surface area contributed by atoms with Gasteiger partial charge in [-0.15, -0.1) is 0 Å². The van der Waals surface area contributed by atoms with Crippen LogP contribution in [-0.2, 0) is 0 Å². The molecular weight excluding hydrogens is 170 g/mol. The van der Waals surface area contributed by atoms with E-state index in [4.69, 9.17) is 0 Å². The van der Waals surface area contributed by atoms with Gasteiger partial charge in [0.25, 0.3) is 0 Å². The molecular formula is C13H27N. The van der Waals surface area contributed by atoms with Crippen LogP contribution in [0.3, 0.4) is 0 Å². The Bertz CT molecular complexity index is 156. The Morgan fingerprint density at radius 3 is 1.86 bits per heavy atom. The molecule has 1 heterocycles. The Balaban J connectivity index is 2.74. The molecule has 1 saturated heterocycles. The smallest absolute Gasteiger partial charge is 0.0152 e. The molecule has 1 aliphatic heterocycles. The van der Waals surface area contributed by atoms with E-state index >= 15 is 0 Å². The van der Waals surface area contributed by atoms with Crippen LogP contribution in [0.2, 0.25) is 0 Å². The van der Waals surface area contributed by atoms with Gasteiger partial charge in [-0.1, -0.05) is 27.7 Å². The van der Waals surface area contributed by atoms with Gasteiger partial charge in [0.1, 0.15) is 0 Å². The lowest BCUT2D eigenvalue weighted by Gasteiger charge is -2.35. The highest BCUT2D eigenvalue weighted by atomic mass is 15.2. The van der Waals surface area contributed by atoms with Gasteiger partial charge >= 0.3 is 0 Å². The first-order valence-electron chi connectivity index (χ1n) is 6.20. The molecule has 0 aliphatic carbocycles. The summed E-state index contributed by atoms with van der Waals surface area (Å²) in [6.07, 6.45) is 1.40. The molecule has 1 aliphatic rings. The summed E-state index contributed by atoms with van der Waals surface area (Å²) < 4.78 is 0. The molecule has 2 unspecified atom stereocenters. The fraction of sp³-hybridized carbons (Fsp3) is 1.00. The van der Waals surface area contributed by atoms with Gasteiger partial charge in [0.2, 0.25) is 0 Å². The Kier molecular flexibility index (Phi) is 4.00. The van der Waals surface area contributed by atoms with E-state index in [-0.39, 0.29) is 0 Å². The van der Waals surface area contributed by atoms with E-state index in [0.717, 1.165) is 23.8 Å². The molecule has 1 rings (SSSR count). The van der Waals surface area contributed by atoms with E-state index in [1.165, 1.54) is 13.0 Å². The molecule has 0 aromatic rings. The Morgan fingerprint density at radius 1 is 0.929 bits per heavy atom. The van der Waals surface area contributed by atoms with Crippen LogP contribution in [-0.4, -0.2) is 23.5 Å². The zero-order valence-corrected chi connectivity index (χ0v) is 10.7. The van der Waals surface area contributed by atoms with E-state index in [2.05, 4.69) is 46.4 Å². The highest BCUT2D eigenvalue weighted by molar-refractivity contribution is 4.91. The molecule has 0 radical (unpaired) electrons. The molecule has 0 aromatic carbocycles. The van der Waals surface area contributed by atoms with Gasteiger partial charge in [0.05, 0.1) is 0 Å². The van der Waals surface area contributed by atoms with E-state index in [0.29, 0.717) is 6.04 Å².